The summed E-state index contributed by atoms with van der Waals surface area (Å²) in [6, 6.07) is 1.25. The average Bonchev–Trinajstić information content (AvgIpc) is 2.82. The molecule has 70 valence electrons. The van der Waals surface area contributed by atoms with Crippen molar-refractivity contribution in [1.29, 1.82) is 0 Å². The van der Waals surface area contributed by atoms with E-state index in [9.17, 15) is 0 Å². The van der Waals surface area contributed by atoms with Crippen LogP contribution in [0.4, 0.5) is 0 Å². The van der Waals surface area contributed by atoms with Gasteiger partial charge in [-0.3, -0.25) is 4.90 Å². The average molecular weight is 168 g/mol. The van der Waals surface area contributed by atoms with Gasteiger partial charge in [-0.1, -0.05) is 0 Å². The molecule has 2 aliphatic rings. The van der Waals surface area contributed by atoms with E-state index in [1.165, 1.54) is 32.2 Å². The van der Waals surface area contributed by atoms with Crippen molar-refractivity contribution in [2.45, 2.75) is 44.7 Å². The molecule has 0 aromatic rings. The second-order valence-electron chi connectivity index (χ2n) is 4.61. The van der Waals surface area contributed by atoms with Crippen molar-refractivity contribution in [3.63, 3.8) is 0 Å². The van der Waals surface area contributed by atoms with Crippen molar-refractivity contribution < 1.29 is 0 Å². The molecule has 0 bridgehead atoms. The number of rotatable bonds is 5. The van der Waals surface area contributed by atoms with Crippen LogP contribution in [0, 0.1) is 5.92 Å². The zero-order valence-corrected chi connectivity index (χ0v) is 8.00. The molecule has 0 heterocycles. The molecule has 2 fully saturated rings. The summed E-state index contributed by atoms with van der Waals surface area (Å²) in [6.07, 6.45) is 5.75. The summed E-state index contributed by atoms with van der Waals surface area (Å²) in [7, 11) is 0. The van der Waals surface area contributed by atoms with Crippen molar-refractivity contribution in [2.24, 2.45) is 11.7 Å². The van der Waals surface area contributed by atoms with Crippen LogP contribution in [0.15, 0.2) is 0 Å². The van der Waals surface area contributed by atoms with E-state index in [1.807, 2.05) is 0 Å². The summed E-state index contributed by atoms with van der Waals surface area (Å²) in [5.74, 6) is 1.02. The lowest BCUT2D eigenvalue weighted by Crippen LogP contribution is -2.38. The molecule has 2 aliphatic carbocycles. The van der Waals surface area contributed by atoms with Gasteiger partial charge in [-0.25, -0.2) is 0 Å². The topological polar surface area (TPSA) is 29.3 Å². The monoisotopic (exact) mass is 168 g/mol. The van der Waals surface area contributed by atoms with E-state index in [0.29, 0.717) is 6.04 Å². The van der Waals surface area contributed by atoms with Gasteiger partial charge in [-0.05, 0) is 38.5 Å². The third-order valence-corrected chi connectivity index (χ3v) is 2.78. The summed E-state index contributed by atoms with van der Waals surface area (Å²) in [4.78, 5) is 2.61. The van der Waals surface area contributed by atoms with E-state index in [4.69, 9.17) is 5.73 Å². The SMILES string of the molecule is CC(N)CN(CC1CC1)C1CC1. The van der Waals surface area contributed by atoms with Crippen LogP contribution in [0.25, 0.3) is 0 Å². The molecule has 12 heavy (non-hydrogen) atoms. The van der Waals surface area contributed by atoms with Gasteiger partial charge in [0.2, 0.25) is 0 Å². The number of nitrogens with zero attached hydrogens (tertiary/aromatic N) is 1. The highest BCUT2D eigenvalue weighted by Crippen LogP contribution is 2.34. The molecule has 0 saturated heterocycles. The zero-order chi connectivity index (χ0) is 8.55. The maximum Gasteiger partial charge on any atom is 0.0139 e. The molecule has 1 unspecified atom stereocenters. The Hall–Kier alpha value is -0.0800. The van der Waals surface area contributed by atoms with Gasteiger partial charge in [0.05, 0.1) is 0 Å². The van der Waals surface area contributed by atoms with E-state index in [-0.39, 0.29) is 0 Å². The van der Waals surface area contributed by atoms with E-state index in [2.05, 4.69) is 11.8 Å². The van der Waals surface area contributed by atoms with Crippen LogP contribution in [-0.2, 0) is 0 Å². The van der Waals surface area contributed by atoms with Gasteiger partial charge in [-0.15, -0.1) is 0 Å². The molecule has 2 heteroatoms. The summed E-state index contributed by atoms with van der Waals surface area (Å²) in [6.45, 7) is 4.55. The Balaban J connectivity index is 1.75. The summed E-state index contributed by atoms with van der Waals surface area (Å²) < 4.78 is 0. The molecule has 1 atom stereocenters. The van der Waals surface area contributed by atoms with Gasteiger partial charge in [0.25, 0.3) is 0 Å². The van der Waals surface area contributed by atoms with E-state index in [0.717, 1.165) is 18.5 Å². The molecule has 0 aromatic carbocycles. The molecule has 0 aromatic heterocycles. The Labute approximate surface area is 75.1 Å². The first-order valence-corrected chi connectivity index (χ1v) is 5.25. The highest BCUT2D eigenvalue weighted by molar-refractivity contribution is 4.89. The van der Waals surface area contributed by atoms with Crippen molar-refractivity contribution in [1.82, 2.24) is 4.90 Å². The smallest absolute Gasteiger partial charge is 0.0139 e. The summed E-state index contributed by atoms with van der Waals surface area (Å²) in [5.41, 5.74) is 5.81. The molecule has 2 nitrogen and oxygen atoms in total. The largest absolute Gasteiger partial charge is 0.327 e. The molecular formula is C10H20N2. The molecule has 2 rings (SSSR count). The van der Waals surface area contributed by atoms with Crippen LogP contribution in [0.3, 0.4) is 0 Å². The van der Waals surface area contributed by atoms with E-state index >= 15 is 0 Å². The maximum atomic E-state index is 5.81. The number of hydrogen-bond acceptors (Lipinski definition) is 2. The fourth-order valence-electron chi connectivity index (χ4n) is 1.81. The summed E-state index contributed by atoms with van der Waals surface area (Å²) in [5, 5.41) is 0. The second kappa shape index (κ2) is 3.35. The molecule has 0 radical (unpaired) electrons. The predicted octanol–water partition coefficient (Wildman–Crippen LogP) is 1.21. The fourth-order valence-corrected chi connectivity index (χ4v) is 1.81. The first kappa shape index (κ1) is 8.52. The summed E-state index contributed by atoms with van der Waals surface area (Å²) >= 11 is 0. The van der Waals surface area contributed by atoms with E-state index in [1.54, 1.807) is 0 Å². The third kappa shape index (κ3) is 2.46. The second-order valence-corrected chi connectivity index (χ2v) is 4.61. The Morgan fingerprint density at radius 2 is 2.00 bits per heavy atom. The lowest BCUT2D eigenvalue weighted by Gasteiger charge is -2.23. The number of nitrogens with two attached hydrogens (primary N) is 1. The van der Waals surface area contributed by atoms with Crippen LogP contribution in [0.5, 0.6) is 0 Å². The van der Waals surface area contributed by atoms with Crippen molar-refractivity contribution in [2.75, 3.05) is 13.1 Å². The Morgan fingerprint density at radius 3 is 2.42 bits per heavy atom. The van der Waals surface area contributed by atoms with Crippen molar-refractivity contribution in [3.05, 3.63) is 0 Å². The molecule has 0 spiro atoms. The molecule has 2 N–H and O–H groups in total. The highest BCUT2D eigenvalue weighted by atomic mass is 15.2. The van der Waals surface area contributed by atoms with Crippen LogP contribution in [-0.4, -0.2) is 30.1 Å². The van der Waals surface area contributed by atoms with Gasteiger partial charge in [0.15, 0.2) is 0 Å². The Bertz CT molecular complexity index is 144. The van der Waals surface area contributed by atoms with Gasteiger partial charge >= 0.3 is 0 Å². The van der Waals surface area contributed by atoms with Crippen LogP contribution in [0.2, 0.25) is 0 Å². The highest BCUT2D eigenvalue weighted by Gasteiger charge is 2.33. The minimum Gasteiger partial charge on any atom is -0.327 e. The molecule has 2 saturated carbocycles. The van der Waals surface area contributed by atoms with Gasteiger partial charge in [0.1, 0.15) is 0 Å². The van der Waals surface area contributed by atoms with Gasteiger partial charge in [-0.2, -0.15) is 0 Å². The standard InChI is InChI=1S/C10H20N2/c1-8(11)6-12(10-4-5-10)7-9-2-3-9/h8-10H,2-7,11H2,1H3. The van der Waals surface area contributed by atoms with Crippen LogP contribution < -0.4 is 5.73 Å². The lowest BCUT2D eigenvalue weighted by molar-refractivity contribution is 0.241. The van der Waals surface area contributed by atoms with E-state index < -0.39 is 0 Å². The third-order valence-electron chi connectivity index (χ3n) is 2.78. The van der Waals surface area contributed by atoms with Crippen LogP contribution >= 0.6 is 0 Å². The predicted molar refractivity (Wildman–Crippen MR) is 51.0 cm³/mol. The molecule has 0 aliphatic heterocycles. The normalized spacial score (nSPS) is 26.2. The quantitative estimate of drug-likeness (QED) is 0.668. The lowest BCUT2D eigenvalue weighted by atomic mass is 10.3. The minimum absolute atomic E-state index is 0.351. The van der Waals surface area contributed by atoms with Crippen molar-refractivity contribution in [3.8, 4) is 0 Å². The maximum absolute atomic E-state index is 5.81. The zero-order valence-electron chi connectivity index (χ0n) is 8.00. The number of hydrogen-bond donors (Lipinski definition) is 1. The Morgan fingerprint density at radius 1 is 1.33 bits per heavy atom. The first-order valence-electron chi connectivity index (χ1n) is 5.25. The molecular weight excluding hydrogens is 148 g/mol. The Kier molecular flexibility index (Phi) is 2.37. The van der Waals surface area contributed by atoms with Gasteiger partial charge < -0.3 is 5.73 Å². The first-order chi connectivity index (χ1) is 5.75. The van der Waals surface area contributed by atoms with Crippen molar-refractivity contribution >= 4 is 0 Å². The molecule has 0 amide bonds. The minimum atomic E-state index is 0.351. The van der Waals surface area contributed by atoms with Crippen LogP contribution in [0.1, 0.15) is 32.6 Å². The fraction of sp³-hybridized carbons (Fsp3) is 1.00. The van der Waals surface area contributed by atoms with Gasteiger partial charge in [0, 0.05) is 25.2 Å².